The summed E-state index contributed by atoms with van der Waals surface area (Å²) in [5, 5.41) is 12.7. The quantitative estimate of drug-likeness (QED) is 0.285. The minimum Gasteiger partial charge on any atom is -0.508 e. The van der Waals surface area contributed by atoms with Crippen molar-refractivity contribution in [1.29, 1.82) is 0 Å². The number of allylic oxidation sites excluding steroid dienone is 1. The Bertz CT molecular complexity index is 1110. The van der Waals surface area contributed by atoms with Gasteiger partial charge in [-0.1, -0.05) is 18.2 Å². The minimum absolute atomic E-state index is 0.126. The fourth-order valence-corrected chi connectivity index (χ4v) is 3.18. The summed E-state index contributed by atoms with van der Waals surface area (Å²) in [4.78, 5) is 24.9. The molecule has 0 saturated carbocycles. The number of carbonyl (C=O) groups excluding carboxylic acids is 2. The highest BCUT2D eigenvalue weighted by Gasteiger charge is 2.08. The fraction of sp³-hybridized carbons (Fsp3) is 0.120. The van der Waals surface area contributed by atoms with E-state index < -0.39 is 0 Å². The number of anilines is 1. The van der Waals surface area contributed by atoms with Crippen molar-refractivity contribution in [2.45, 2.75) is 6.42 Å². The van der Waals surface area contributed by atoms with Gasteiger partial charge in [0.1, 0.15) is 11.5 Å². The second-order valence-corrected chi connectivity index (χ2v) is 7.17. The maximum absolute atomic E-state index is 12.5. The molecule has 0 atom stereocenters. The van der Waals surface area contributed by atoms with Crippen LogP contribution in [0.25, 0.3) is 6.08 Å². The predicted octanol–water partition coefficient (Wildman–Crippen LogP) is 5.33. The van der Waals surface area contributed by atoms with Gasteiger partial charge in [0, 0.05) is 22.7 Å². The fourth-order valence-electron chi connectivity index (χ4n) is 2.97. The number of phenolic OH excluding ortho intramolecular Hbond substituents is 1. The van der Waals surface area contributed by atoms with Crippen molar-refractivity contribution < 1.29 is 19.4 Å². The molecule has 0 aliphatic rings. The van der Waals surface area contributed by atoms with Crippen LogP contribution in [0.3, 0.4) is 0 Å². The summed E-state index contributed by atoms with van der Waals surface area (Å²) < 4.78 is 5.10. The number of ether oxygens (including phenoxy) is 1. The standard InChI is InChI=1S/C25H22ClNO4/c1-31-22-9-6-18(7-10-22)25(30)27-21-4-2-3-17(15-21)5-11-23(28)19-8-12-24(29)20(16-19)13-14-26/h2-12,15-16,29H,13-14H2,1H3,(H,27,30)/b11-5+. The molecule has 31 heavy (non-hydrogen) atoms. The van der Waals surface area contributed by atoms with Crippen molar-refractivity contribution >= 4 is 35.1 Å². The van der Waals surface area contributed by atoms with Crippen LogP contribution in [0.2, 0.25) is 0 Å². The average molecular weight is 436 g/mol. The highest BCUT2D eigenvalue weighted by Crippen LogP contribution is 2.21. The zero-order chi connectivity index (χ0) is 22.2. The maximum Gasteiger partial charge on any atom is 0.255 e. The summed E-state index contributed by atoms with van der Waals surface area (Å²) in [7, 11) is 1.57. The van der Waals surface area contributed by atoms with E-state index in [0.29, 0.717) is 40.4 Å². The van der Waals surface area contributed by atoms with E-state index in [0.717, 1.165) is 5.56 Å². The van der Waals surface area contributed by atoms with E-state index >= 15 is 0 Å². The molecule has 3 aromatic rings. The van der Waals surface area contributed by atoms with Crippen LogP contribution < -0.4 is 10.1 Å². The molecule has 0 saturated heterocycles. The number of nitrogens with one attached hydrogen (secondary N) is 1. The number of benzene rings is 3. The number of aryl methyl sites for hydroxylation is 1. The number of carbonyl (C=O) groups is 2. The van der Waals surface area contributed by atoms with Gasteiger partial charge in [-0.2, -0.15) is 0 Å². The van der Waals surface area contributed by atoms with E-state index in [4.69, 9.17) is 16.3 Å². The van der Waals surface area contributed by atoms with Crippen molar-refractivity contribution in [3.05, 3.63) is 95.1 Å². The lowest BCUT2D eigenvalue weighted by Gasteiger charge is -2.07. The van der Waals surface area contributed by atoms with E-state index in [1.807, 2.05) is 6.07 Å². The molecular formula is C25H22ClNO4. The SMILES string of the molecule is COc1ccc(C(=O)Nc2cccc(/C=C/C(=O)c3ccc(O)c(CCCl)c3)c2)cc1. The zero-order valence-corrected chi connectivity index (χ0v) is 17.7. The Balaban J connectivity index is 1.69. The number of rotatable bonds is 8. The Morgan fingerprint density at radius 3 is 2.48 bits per heavy atom. The molecule has 0 unspecified atom stereocenters. The Kier molecular flexibility index (Phi) is 7.46. The lowest BCUT2D eigenvalue weighted by molar-refractivity contribution is 0.102. The molecule has 0 radical (unpaired) electrons. The predicted molar refractivity (Wildman–Crippen MR) is 123 cm³/mol. The van der Waals surface area contributed by atoms with Crippen LogP contribution in [0.5, 0.6) is 11.5 Å². The smallest absolute Gasteiger partial charge is 0.255 e. The van der Waals surface area contributed by atoms with Gasteiger partial charge in [-0.3, -0.25) is 9.59 Å². The summed E-state index contributed by atoms with van der Waals surface area (Å²) in [5.41, 5.74) is 3.00. The molecule has 6 heteroatoms. The summed E-state index contributed by atoms with van der Waals surface area (Å²) in [6, 6.07) is 18.7. The van der Waals surface area contributed by atoms with E-state index in [1.165, 1.54) is 12.1 Å². The molecule has 0 spiro atoms. The number of halogens is 1. The highest BCUT2D eigenvalue weighted by molar-refractivity contribution is 6.18. The molecule has 3 aromatic carbocycles. The number of phenols is 1. The number of amides is 1. The van der Waals surface area contributed by atoms with Gasteiger partial charge in [-0.05, 0) is 78.2 Å². The first-order valence-electron chi connectivity index (χ1n) is 9.66. The van der Waals surface area contributed by atoms with Crippen LogP contribution in [0.15, 0.2) is 72.8 Å². The first kappa shape index (κ1) is 22.1. The van der Waals surface area contributed by atoms with Gasteiger partial charge in [0.05, 0.1) is 7.11 Å². The summed E-state index contributed by atoms with van der Waals surface area (Å²) >= 11 is 5.74. The summed E-state index contributed by atoms with van der Waals surface area (Å²) in [5.74, 6) is 0.730. The van der Waals surface area contributed by atoms with Gasteiger partial charge in [0.15, 0.2) is 5.78 Å². The number of alkyl halides is 1. The van der Waals surface area contributed by atoms with Crippen LogP contribution in [0.4, 0.5) is 5.69 Å². The number of methoxy groups -OCH3 is 1. The minimum atomic E-state index is -0.240. The second kappa shape index (κ2) is 10.5. The Morgan fingerprint density at radius 2 is 1.77 bits per heavy atom. The van der Waals surface area contributed by atoms with Crippen molar-refractivity contribution in [1.82, 2.24) is 0 Å². The van der Waals surface area contributed by atoms with Crippen LogP contribution in [-0.2, 0) is 6.42 Å². The van der Waals surface area contributed by atoms with Gasteiger partial charge in [0.25, 0.3) is 5.91 Å². The van der Waals surface area contributed by atoms with E-state index in [-0.39, 0.29) is 17.4 Å². The van der Waals surface area contributed by atoms with Crippen LogP contribution >= 0.6 is 11.6 Å². The third-order valence-electron chi connectivity index (χ3n) is 4.65. The second-order valence-electron chi connectivity index (χ2n) is 6.79. The van der Waals surface area contributed by atoms with Crippen LogP contribution in [0, 0.1) is 0 Å². The number of aromatic hydroxyl groups is 1. The number of hydrogen-bond acceptors (Lipinski definition) is 4. The molecule has 0 aromatic heterocycles. The van der Waals surface area contributed by atoms with E-state index in [9.17, 15) is 14.7 Å². The molecule has 2 N–H and O–H groups in total. The molecule has 0 fully saturated rings. The third kappa shape index (κ3) is 5.96. The lowest BCUT2D eigenvalue weighted by atomic mass is 10.0. The molecule has 1 amide bonds. The molecule has 0 bridgehead atoms. The topological polar surface area (TPSA) is 75.6 Å². The largest absolute Gasteiger partial charge is 0.508 e. The Hall–Kier alpha value is -3.57. The maximum atomic E-state index is 12.5. The molecule has 0 heterocycles. The molecule has 0 aliphatic carbocycles. The third-order valence-corrected chi connectivity index (χ3v) is 4.84. The number of ketones is 1. The van der Waals surface area contributed by atoms with Gasteiger partial charge < -0.3 is 15.2 Å². The summed E-state index contributed by atoms with van der Waals surface area (Å²) in [6.07, 6.45) is 3.62. The molecule has 158 valence electrons. The van der Waals surface area contributed by atoms with Crippen molar-refractivity contribution in [2.24, 2.45) is 0 Å². The van der Waals surface area contributed by atoms with Gasteiger partial charge in [-0.15, -0.1) is 11.6 Å². The van der Waals surface area contributed by atoms with Crippen LogP contribution in [-0.4, -0.2) is 29.8 Å². The monoisotopic (exact) mass is 435 g/mol. The Labute approximate surface area is 185 Å². The van der Waals surface area contributed by atoms with E-state index in [2.05, 4.69) is 5.32 Å². The van der Waals surface area contributed by atoms with Crippen molar-refractivity contribution in [3.8, 4) is 11.5 Å². The molecule has 3 rings (SSSR count). The summed E-state index contributed by atoms with van der Waals surface area (Å²) in [6.45, 7) is 0. The number of hydrogen-bond donors (Lipinski definition) is 2. The first-order chi connectivity index (χ1) is 15.0. The highest BCUT2D eigenvalue weighted by atomic mass is 35.5. The van der Waals surface area contributed by atoms with Crippen LogP contribution in [0.1, 0.15) is 31.8 Å². The van der Waals surface area contributed by atoms with Gasteiger partial charge >= 0.3 is 0 Å². The average Bonchev–Trinajstić information content (AvgIpc) is 2.79. The van der Waals surface area contributed by atoms with Gasteiger partial charge in [-0.25, -0.2) is 0 Å². The zero-order valence-electron chi connectivity index (χ0n) is 17.0. The normalized spacial score (nSPS) is 10.8. The Morgan fingerprint density at radius 1 is 1.03 bits per heavy atom. The van der Waals surface area contributed by atoms with Crippen molar-refractivity contribution in [2.75, 3.05) is 18.3 Å². The first-order valence-corrected chi connectivity index (χ1v) is 10.2. The van der Waals surface area contributed by atoms with Gasteiger partial charge in [0.2, 0.25) is 0 Å². The molecule has 5 nitrogen and oxygen atoms in total. The molecule has 0 aliphatic heterocycles. The van der Waals surface area contributed by atoms with Crippen molar-refractivity contribution in [3.63, 3.8) is 0 Å². The lowest BCUT2D eigenvalue weighted by Crippen LogP contribution is -2.11. The molecular weight excluding hydrogens is 414 g/mol. The van der Waals surface area contributed by atoms with E-state index in [1.54, 1.807) is 67.8 Å².